The topological polar surface area (TPSA) is 35.8 Å². The van der Waals surface area contributed by atoms with Crippen molar-refractivity contribution in [3.63, 3.8) is 0 Å². The summed E-state index contributed by atoms with van der Waals surface area (Å²) in [5.74, 6) is 0.498. The van der Waals surface area contributed by atoms with E-state index < -0.39 is 0 Å². The molecule has 0 bridgehead atoms. The van der Waals surface area contributed by atoms with Gasteiger partial charge in [-0.25, -0.2) is 0 Å². The average Bonchev–Trinajstić information content (AvgIpc) is 2.53. The SMILES string of the molecule is Cc1ccc(C2C(C#N)=C(C(C)C)NC3=C2CCCC3)cc1. The molecule has 1 aromatic carbocycles. The number of nitriles is 1. The maximum absolute atomic E-state index is 9.82. The molecule has 2 heteroatoms. The number of hydrogen-bond donors (Lipinski definition) is 1. The summed E-state index contributed by atoms with van der Waals surface area (Å²) in [5.41, 5.74) is 7.38. The van der Waals surface area contributed by atoms with Crippen LogP contribution >= 0.6 is 0 Å². The van der Waals surface area contributed by atoms with E-state index in [-0.39, 0.29) is 5.92 Å². The van der Waals surface area contributed by atoms with Gasteiger partial charge in [-0.15, -0.1) is 0 Å². The molecule has 0 saturated heterocycles. The van der Waals surface area contributed by atoms with Gasteiger partial charge in [0.1, 0.15) is 0 Å². The first-order valence-electron chi connectivity index (χ1n) is 8.31. The normalized spacial score (nSPS) is 21.5. The molecule has 2 nitrogen and oxygen atoms in total. The lowest BCUT2D eigenvalue weighted by atomic mass is 9.75. The zero-order valence-electron chi connectivity index (χ0n) is 13.7. The zero-order chi connectivity index (χ0) is 15.7. The van der Waals surface area contributed by atoms with Gasteiger partial charge in [-0.2, -0.15) is 5.26 Å². The lowest BCUT2D eigenvalue weighted by Crippen LogP contribution is -2.30. The summed E-state index contributed by atoms with van der Waals surface area (Å²) in [6, 6.07) is 11.2. The lowest BCUT2D eigenvalue weighted by molar-refractivity contribution is 0.561. The Morgan fingerprint density at radius 1 is 1.14 bits per heavy atom. The van der Waals surface area contributed by atoms with Crippen LogP contribution in [0.5, 0.6) is 0 Å². The Morgan fingerprint density at radius 2 is 1.82 bits per heavy atom. The molecule has 1 aliphatic heterocycles. The second-order valence-corrected chi connectivity index (χ2v) is 6.77. The fourth-order valence-electron chi connectivity index (χ4n) is 3.66. The highest BCUT2D eigenvalue weighted by Crippen LogP contribution is 2.44. The van der Waals surface area contributed by atoms with Crippen molar-refractivity contribution >= 4 is 0 Å². The molecule has 1 N–H and O–H groups in total. The number of benzene rings is 1. The van der Waals surface area contributed by atoms with Crippen LogP contribution in [-0.2, 0) is 0 Å². The van der Waals surface area contributed by atoms with E-state index >= 15 is 0 Å². The number of rotatable bonds is 2. The van der Waals surface area contributed by atoms with E-state index in [1.54, 1.807) is 0 Å². The molecule has 0 amide bonds. The number of hydrogen-bond acceptors (Lipinski definition) is 2. The Balaban J connectivity index is 2.14. The van der Waals surface area contributed by atoms with E-state index in [1.165, 1.54) is 35.2 Å². The molecule has 0 aromatic heterocycles. The predicted molar refractivity (Wildman–Crippen MR) is 90.0 cm³/mol. The van der Waals surface area contributed by atoms with E-state index in [9.17, 15) is 5.26 Å². The largest absolute Gasteiger partial charge is 0.361 e. The van der Waals surface area contributed by atoms with Crippen molar-refractivity contribution in [1.29, 1.82) is 5.26 Å². The maximum Gasteiger partial charge on any atom is 0.0975 e. The zero-order valence-corrected chi connectivity index (χ0v) is 13.7. The van der Waals surface area contributed by atoms with Crippen molar-refractivity contribution < 1.29 is 0 Å². The lowest BCUT2D eigenvalue weighted by Gasteiger charge is -2.35. The molecule has 0 spiro atoms. The minimum Gasteiger partial charge on any atom is -0.361 e. The van der Waals surface area contributed by atoms with E-state index in [0.29, 0.717) is 5.92 Å². The Hall–Kier alpha value is -2.01. The highest BCUT2D eigenvalue weighted by atomic mass is 14.9. The fourth-order valence-corrected chi connectivity index (χ4v) is 3.66. The van der Waals surface area contributed by atoms with Gasteiger partial charge in [0, 0.05) is 17.3 Å². The van der Waals surface area contributed by atoms with Crippen molar-refractivity contribution in [2.75, 3.05) is 0 Å². The summed E-state index contributed by atoms with van der Waals surface area (Å²) in [6.07, 6.45) is 4.71. The van der Waals surface area contributed by atoms with Crippen LogP contribution in [0.1, 0.15) is 56.6 Å². The molecule has 1 aromatic rings. The van der Waals surface area contributed by atoms with E-state index in [4.69, 9.17) is 0 Å². The van der Waals surface area contributed by atoms with Gasteiger partial charge in [0.15, 0.2) is 0 Å². The van der Waals surface area contributed by atoms with Gasteiger partial charge in [0.25, 0.3) is 0 Å². The van der Waals surface area contributed by atoms with Crippen molar-refractivity contribution in [2.45, 2.75) is 52.4 Å². The standard InChI is InChI=1S/C20H24N2/c1-13(2)20-17(12-21)19(15-10-8-14(3)9-11-15)16-6-4-5-7-18(16)22-20/h8-11,13,19,22H,4-7H2,1-3H3. The molecule has 3 rings (SSSR count). The average molecular weight is 292 g/mol. The monoisotopic (exact) mass is 292 g/mol. The predicted octanol–water partition coefficient (Wildman–Crippen LogP) is 4.94. The quantitative estimate of drug-likeness (QED) is 0.837. The van der Waals surface area contributed by atoms with Gasteiger partial charge < -0.3 is 5.32 Å². The van der Waals surface area contributed by atoms with Crippen molar-refractivity contribution in [2.24, 2.45) is 5.92 Å². The molecule has 22 heavy (non-hydrogen) atoms. The van der Waals surface area contributed by atoms with Crippen molar-refractivity contribution in [3.05, 3.63) is 57.9 Å². The van der Waals surface area contributed by atoms with Gasteiger partial charge in [-0.1, -0.05) is 43.7 Å². The van der Waals surface area contributed by atoms with Crippen LogP contribution in [0.25, 0.3) is 0 Å². The van der Waals surface area contributed by atoms with Crippen LogP contribution in [0.2, 0.25) is 0 Å². The molecule has 1 unspecified atom stereocenters. The van der Waals surface area contributed by atoms with Gasteiger partial charge in [0.05, 0.1) is 11.6 Å². The molecule has 0 fully saturated rings. The van der Waals surface area contributed by atoms with Gasteiger partial charge in [-0.3, -0.25) is 0 Å². The van der Waals surface area contributed by atoms with Crippen LogP contribution in [0.3, 0.4) is 0 Å². The van der Waals surface area contributed by atoms with Crippen LogP contribution in [-0.4, -0.2) is 0 Å². The van der Waals surface area contributed by atoms with E-state index in [2.05, 4.69) is 56.4 Å². The van der Waals surface area contributed by atoms with Crippen LogP contribution in [0.15, 0.2) is 46.8 Å². The first kappa shape index (κ1) is 14.9. The molecule has 114 valence electrons. The third kappa shape index (κ3) is 2.57. The maximum atomic E-state index is 9.82. The summed E-state index contributed by atoms with van der Waals surface area (Å²) in [5, 5.41) is 13.4. The number of aryl methyl sites for hydroxylation is 1. The number of nitrogens with zero attached hydrogens (tertiary/aromatic N) is 1. The summed E-state index contributed by atoms with van der Waals surface area (Å²) in [4.78, 5) is 0. The van der Waals surface area contributed by atoms with Crippen LogP contribution in [0, 0.1) is 24.2 Å². The second kappa shape index (κ2) is 6.01. The first-order valence-corrected chi connectivity index (χ1v) is 8.31. The highest BCUT2D eigenvalue weighted by Gasteiger charge is 2.33. The van der Waals surface area contributed by atoms with Crippen molar-refractivity contribution in [1.82, 2.24) is 5.32 Å². The molecule has 2 aliphatic rings. The second-order valence-electron chi connectivity index (χ2n) is 6.77. The number of dihydropyridines is 1. The number of nitrogens with one attached hydrogen (secondary N) is 1. The van der Waals surface area contributed by atoms with Crippen LogP contribution in [0.4, 0.5) is 0 Å². The minimum absolute atomic E-state index is 0.152. The summed E-state index contributed by atoms with van der Waals surface area (Å²) in [6.45, 7) is 6.44. The van der Waals surface area contributed by atoms with E-state index in [0.717, 1.165) is 24.1 Å². The Kier molecular flexibility index (Phi) is 4.07. The molecule has 1 heterocycles. The van der Waals surface area contributed by atoms with Gasteiger partial charge >= 0.3 is 0 Å². The number of allylic oxidation sites excluding steroid dienone is 4. The highest BCUT2D eigenvalue weighted by molar-refractivity contribution is 5.52. The van der Waals surface area contributed by atoms with Gasteiger partial charge in [-0.05, 0) is 49.7 Å². The molecule has 0 radical (unpaired) electrons. The molecular weight excluding hydrogens is 268 g/mol. The smallest absolute Gasteiger partial charge is 0.0975 e. The Labute approximate surface area is 133 Å². The minimum atomic E-state index is 0.152. The summed E-state index contributed by atoms with van der Waals surface area (Å²) in [7, 11) is 0. The summed E-state index contributed by atoms with van der Waals surface area (Å²) >= 11 is 0. The van der Waals surface area contributed by atoms with E-state index in [1.807, 2.05) is 0 Å². The molecular formula is C20H24N2. The molecule has 0 saturated carbocycles. The molecule has 1 atom stereocenters. The third-order valence-corrected chi connectivity index (χ3v) is 4.83. The Bertz CT molecular complexity index is 669. The van der Waals surface area contributed by atoms with Crippen molar-refractivity contribution in [3.8, 4) is 6.07 Å². The van der Waals surface area contributed by atoms with Crippen LogP contribution < -0.4 is 5.32 Å². The fraction of sp³-hybridized carbons (Fsp3) is 0.450. The summed E-state index contributed by atoms with van der Waals surface area (Å²) < 4.78 is 0. The van der Waals surface area contributed by atoms with Gasteiger partial charge in [0.2, 0.25) is 0 Å². The molecule has 1 aliphatic carbocycles. The first-order chi connectivity index (χ1) is 10.6. The third-order valence-electron chi connectivity index (χ3n) is 4.83. The Morgan fingerprint density at radius 3 is 2.45 bits per heavy atom.